The fourth-order valence-electron chi connectivity index (χ4n) is 2.59. The molecule has 0 unspecified atom stereocenters. The predicted octanol–water partition coefficient (Wildman–Crippen LogP) is 1.59. The Hall–Kier alpha value is -2.36. The zero-order valence-electron chi connectivity index (χ0n) is 13.9. The van der Waals surface area contributed by atoms with Crippen molar-refractivity contribution in [2.75, 3.05) is 45.9 Å². The summed E-state index contributed by atoms with van der Waals surface area (Å²) in [7, 11) is 0. The molecule has 1 aliphatic rings. The van der Waals surface area contributed by atoms with Crippen LogP contribution in [0.15, 0.2) is 36.9 Å². The van der Waals surface area contributed by atoms with Crippen LogP contribution in [-0.4, -0.2) is 61.8 Å². The molecule has 6 heteroatoms. The molecular formula is C18H24N4O2. The molecule has 1 aromatic rings. The lowest BCUT2D eigenvalue weighted by molar-refractivity contribution is 0.0386. The highest BCUT2D eigenvalue weighted by atomic mass is 16.5. The molecule has 128 valence electrons. The first-order valence-corrected chi connectivity index (χ1v) is 8.15. The topological polar surface area (TPSA) is 68.6 Å². The van der Waals surface area contributed by atoms with Crippen molar-refractivity contribution in [3.05, 3.63) is 48.0 Å². The summed E-state index contributed by atoms with van der Waals surface area (Å²) < 4.78 is 5.31. The van der Waals surface area contributed by atoms with E-state index in [0.717, 1.165) is 38.4 Å². The van der Waals surface area contributed by atoms with Crippen molar-refractivity contribution in [2.24, 2.45) is 0 Å². The van der Waals surface area contributed by atoms with E-state index in [1.54, 1.807) is 23.1 Å². The van der Waals surface area contributed by atoms with Crippen molar-refractivity contribution in [3.63, 3.8) is 0 Å². The van der Waals surface area contributed by atoms with E-state index in [2.05, 4.69) is 22.9 Å². The summed E-state index contributed by atoms with van der Waals surface area (Å²) in [6, 6.07) is 9.30. The van der Waals surface area contributed by atoms with Crippen LogP contribution in [0.4, 0.5) is 4.79 Å². The predicted molar refractivity (Wildman–Crippen MR) is 92.4 cm³/mol. The highest BCUT2D eigenvalue weighted by molar-refractivity contribution is 5.74. The van der Waals surface area contributed by atoms with E-state index in [9.17, 15) is 4.79 Å². The second-order valence-corrected chi connectivity index (χ2v) is 5.67. The maximum absolute atomic E-state index is 12.4. The number of carbonyl (C=O) groups excluding carboxylic acids is 1. The highest BCUT2D eigenvalue weighted by Gasteiger charge is 2.14. The largest absolute Gasteiger partial charge is 0.379 e. The molecule has 1 fully saturated rings. The lowest BCUT2D eigenvalue weighted by Gasteiger charge is -2.27. The van der Waals surface area contributed by atoms with Gasteiger partial charge in [-0.2, -0.15) is 5.26 Å². The second kappa shape index (κ2) is 9.71. The first-order valence-electron chi connectivity index (χ1n) is 8.15. The van der Waals surface area contributed by atoms with Crippen LogP contribution in [0.1, 0.15) is 11.1 Å². The SMILES string of the molecule is C=CCN(Cc1cccc(C#N)c1)C(=O)NCCN1CCOCC1. The third-order valence-electron chi connectivity index (χ3n) is 3.87. The van der Waals surface area contributed by atoms with Gasteiger partial charge in [0.05, 0.1) is 24.8 Å². The van der Waals surface area contributed by atoms with E-state index in [4.69, 9.17) is 10.00 Å². The average Bonchev–Trinajstić information content (AvgIpc) is 2.62. The summed E-state index contributed by atoms with van der Waals surface area (Å²) in [5.74, 6) is 0. The summed E-state index contributed by atoms with van der Waals surface area (Å²) in [5, 5.41) is 11.9. The number of nitrogens with one attached hydrogen (secondary N) is 1. The van der Waals surface area contributed by atoms with E-state index in [-0.39, 0.29) is 6.03 Å². The standard InChI is InChI=1S/C18H24N4O2/c1-2-7-22(15-17-5-3-4-16(13-17)14-19)18(23)20-6-8-21-9-11-24-12-10-21/h2-5,13H,1,6-12,15H2,(H,20,23). The highest BCUT2D eigenvalue weighted by Crippen LogP contribution is 2.08. The molecule has 1 heterocycles. The van der Waals surface area contributed by atoms with Gasteiger partial charge in [0.1, 0.15) is 0 Å². The van der Waals surface area contributed by atoms with Gasteiger partial charge in [0.25, 0.3) is 0 Å². The van der Waals surface area contributed by atoms with Crippen LogP contribution < -0.4 is 5.32 Å². The average molecular weight is 328 g/mol. The van der Waals surface area contributed by atoms with Crippen LogP contribution >= 0.6 is 0 Å². The molecule has 0 atom stereocenters. The first kappa shape index (κ1) is 18.0. The zero-order valence-corrected chi connectivity index (χ0v) is 13.9. The Kier molecular flexibility index (Phi) is 7.27. The van der Waals surface area contributed by atoms with E-state index in [1.807, 2.05) is 12.1 Å². The van der Waals surface area contributed by atoms with Crippen LogP contribution in [0, 0.1) is 11.3 Å². The van der Waals surface area contributed by atoms with E-state index >= 15 is 0 Å². The third kappa shape index (κ3) is 5.69. The number of carbonyl (C=O) groups is 1. The minimum atomic E-state index is -0.120. The van der Waals surface area contributed by atoms with Crippen LogP contribution in [-0.2, 0) is 11.3 Å². The van der Waals surface area contributed by atoms with Gasteiger partial charge in [0.2, 0.25) is 0 Å². The normalized spacial score (nSPS) is 14.6. The Morgan fingerprint density at radius 1 is 1.46 bits per heavy atom. The van der Waals surface area contributed by atoms with Crippen molar-refractivity contribution < 1.29 is 9.53 Å². The molecule has 0 aromatic heterocycles. The summed E-state index contributed by atoms with van der Waals surface area (Å²) in [4.78, 5) is 16.4. The fraction of sp³-hybridized carbons (Fsp3) is 0.444. The van der Waals surface area contributed by atoms with Crippen LogP contribution in [0.2, 0.25) is 0 Å². The minimum Gasteiger partial charge on any atom is -0.379 e. The molecular weight excluding hydrogens is 304 g/mol. The first-order chi connectivity index (χ1) is 11.7. The number of hydrogen-bond acceptors (Lipinski definition) is 4. The maximum Gasteiger partial charge on any atom is 0.318 e. The Labute approximate surface area is 143 Å². The Morgan fingerprint density at radius 3 is 2.96 bits per heavy atom. The molecule has 0 saturated carbocycles. The lowest BCUT2D eigenvalue weighted by atomic mass is 10.1. The van der Waals surface area contributed by atoms with Crippen molar-refractivity contribution in [2.45, 2.75) is 6.54 Å². The van der Waals surface area contributed by atoms with Crippen molar-refractivity contribution in [1.29, 1.82) is 5.26 Å². The molecule has 1 aliphatic heterocycles. The number of ether oxygens (including phenoxy) is 1. The van der Waals surface area contributed by atoms with Crippen molar-refractivity contribution in [3.8, 4) is 6.07 Å². The Morgan fingerprint density at radius 2 is 2.25 bits per heavy atom. The van der Waals surface area contributed by atoms with Crippen molar-refractivity contribution >= 4 is 6.03 Å². The summed E-state index contributed by atoms with van der Waals surface area (Å²) in [6.07, 6.45) is 1.70. The Balaban J connectivity index is 1.84. The molecule has 1 N–H and O–H groups in total. The lowest BCUT2D eigenvalue weighted by Crippen LogP contribution is -2.45. The number of rotatable bonds is 7. The van der Waals surface area contributed by atoms with E-state index in [0.29, 0.717) is 25.2 Å². The summed E-state index contributed by atoms with van der Waals surface area (Å²) in [6.45, 7) is 9.38. The van der Waals surface area contributed by atoms with Crippen LogP contribution in [0.25, 0.3) is 0 Å². The number of hydrogen-bond donors (Lipinski definition) is 1. The molecule has 0 radical (unpaired) electrons. The number of nitrogens with zero attached hydrogens (tertiary/aromatic N) is 3. The van der Waals surface area contributed by atoms with Gasteiger partial charge in [-0.05, 0) is 17.7 Å². The van der Waals surface area contributed by atoms with E-state index < -0.39 is 0 Å². The van der Waals surface area contributed by atoms with Gasteiger partial charge >= 0.3 is 6.03 Å². The van der Waals surface area contributed by atoms with Gasteiger partial charge in [0, 0.05) is 39.3 Å². The molecule has 0 bridgehead atoms. The minimum absolute atomic E-state index is 0.120. The molecule has 2 amide bonds. The number of morpholine rings is 1. The van der Waals surface area contributed by atoms with Gasteiger partial charge in [-0.25, -0.2) is 4.79 Å². The number of nitriles is 1. The quantitative estimate of drug-likeness (QED) is 0.772. The van der Waals surface area contributed by atoms with Gasteiger partial charge in [-0.3, -0.25) is 4.90 Å². The summed E-state index contributed by atoms with van der Waals surface area (Å²) in [5.41, 5.74) is 1.53. The van der Waals surface area contributed by atoms with Gasteiger partial charge in [0.15, 0.2) is 0 Å². The number of amides is 2. The monoisotopic (exact) mass is 328 g/mol. The van der Waals surface area contributed by atoms with Crippen LogP contribution in [0.5, 0.6) is 0 Å². The number of benzene rings is 1. The molecule has 1 aromatic carbocycles. The molecule has 6 nitrogen and oxygen atoms in total. The third-order valence-corrected chi connectivity index (χ3v) is 3.87. The molecule has 0 spiro atoms. The van der Waals surface area contributed by atoms with Gasteiger partial charge in [-0.1, -0.05) is 18.2 Å². The fourth-order valence-corrected chi connectivity index (χ4v) is 2.59. The molecule has 2 rings (SSSR count). The zero-order chi connectivity index (χ0) is 17.2. The number of urea groups is 1. The van der Waals surface area contributed by atoms with Gasteiger partial charge in [-0.15, -0.1) is 6.58 Å². The maximum atomic E-state index is 12.4. The smallest absolute Gasteiger partial charge is 0.318 e. The second-order valence-electron chi connectivity index (χ2n) is 5.67. The molecule has 24 heavy (non-hydrogen) atoms. The van der Waals surface area contributed by atoms with Crippen LogP contribution in [0.3, 0.4) is 0 Å². The van der Waals surface area contributed by atoms with E-state index in [1.165, 1.54) is 0 Å². The Bertz CT molecular complexity index is 591. The van der Waals surface area contributed by atoms with Gasteiger partial charge < -0.3 is 15.0 Å². The molecule has 0 aliphatic carbocycles. The molecule has 1 saturated heterocycles. The van der Waals surface area contributed by atoms with Crippen molar-refractivity contribution in [1.82, 2.24) is 15.1 Å². The summed E-state index contributed by atoms with van der Waals surface area (Å²) >= 11 is 0.